The Morgan fingerprint density at radius 3 is 2.21 bits per heavy atom. The van der Waals surface area contributed by atoms with E-state index in [1.54, 1.807) is 23.6 Å². The van der Waals surface area contributed by atoms with Crippen LogP contribution in [0.4, 0.5) is 11.4 Å². The summed E-state index contributed by atoms with van der Waals surface area (Å²) >= 11 is 1.09. The standard InChI is InChI=1S/C18H18N2O5S3/c1-13-5-10-17(25-2)16(12-13)20-27(21,22)15-8-6-14(7-9-15)19-28(23,24)18-4-3-11-26-18/h3-12,19-20H,1-2H3. The zero-order valence-corrected chi connectivity index (χ0v) is 17.5. The van der Waals surface area contributed by atoms with Crippen LogP contribution >= 0.6 is 11.3 Å². The molecule has 0 spiro atoms. The molecule has 10 heteroatoms. The van der Waals surface area contributed by atoms with E-state index in [-0.39, 0.29) is 14.8 Å². The number of hydrogen-bond acceptors (Lipinski definition) is 6. The Balaban J connectivity index is 1.82. The first-order valence-corrected chi connectivity index (χ1v) is 11.9. The van der Waals surface area contributed by atoms with Crippen LogP contribution in [0, 0.1) is 6.92 Å². The maximum atomic E-state index is 12.7. The number of sulfonamides is 2. The van der Waals surface area contributed by atoms with Crippen LogP contribution in [0.1, 0.15) is 5.56 Å². The van der Waals surface area contributed by atoms with Crippen molar-refractivity contribution in [2.45, 2.75) is 16.0 Å². The molecule has 0 aliphatic heterocycles. The van der Waals surface area contributed by atoms with Gasteiger partial charge in [0.15, 0.2) is 0 Å². The lowest BCUT2D eigenvalue weighted by Gasteiger charge is -2.13. The summed E-state index contributed by atoms with van der Waals surface area (Å²) in [5.74, 6) is 0.398. The quantitative estimate of drug-likeness (QED) is 0.586. The van der Waals surface area contributed by atoms with Gasteiger partial charge in [0, 0.05) is 5.69 Å². The predicted molar refractivity (Wildman–Crippen MR) is 110 cm³/mol. The molecule has 0 saturated heterocycles. The van der Waals surface area contributed by atoms with Crippen molar-refractivity contribution in [3.8, 4) is 5.75 Å². The van der Waals surface area contributed by atoms with Crippen LogP contribution in [0.2, 0.25) is 0 Å². The Morgan fingerprint density at radius 2 is 1.61 bits per heavy atom. The summed E-state index contributed by atoms with van der Waals surface area (Å²) in [5, 5.41) is 1.66. The number of benzene rings is 2. The van der Waals surface area contributed by atoms with E-state index >= 15 is 0 Å². The lowest BCUT2D eigenvalue weighted by Crippen LogP contribution is -2.14. The first-order valence-electron chi connectivity index (χ1n) is 8.05. The molecule has 0 aliphatic rings. The number of hydrogen-bond donors (Lipinski definition) is 2. The van der Waals surface area contributed by atoms with Gasteiger partial charge in [-0.3, -0.25) is 9.44 Å². The van der Waals surface area contributed by atoms with E-state index < -0.39 is 20.0 Å². The van der Waals surface area contributed by atoms with E-state index in [4.69, 9.17) is 4.74 Å². The highest BCUT2D eigenvalue weighted by Crippen LogP contribution is 2.28. The van der Waals surface area contributed by atoms with Gasteiger partial charge < -0.3 is 4.74 Å². The summed E-state index contributed by atoms with van der Waals surface area (Å²) in [6, 6.07) is 13.7. The number of methoxy groups -OCH3 is 1. The second-order valence-electron chi connectivity index (χ2n) is 5.87. The molecule has 2 N–H and O–H groups in total. The molecule has 28 heavy (non-hydrogen) atoms. The average Bonchev–Trinajstić information content (AvgIpc) is 3.17. The molecule has 0 atom stereocenters. The summed E-state index contributed by atoms with van der Waals surface area (Å²) in [6.45, 7) is 1.84. The molecule has 148 valence electrons. The highest BCUT2D eigenvalue weighted by molar-refractivity contribution is 7.94. The highest BCUT2D eigenvalue weighted by Gasteiger charge is 2.18. The Kier molecular flexibility index (Phi) is 5.64. The van der Waals surface area contributed by atoms with E-state index in [0.717, 1.165) is 16.9 Å². The van der Waals surface area contributed by atoms with Crippen molar-refractivity contribution < 1.29 is 21.6 Å². The van der Waals surface area contributed by atoms with Crippen molar-refractivity contribution in [3.63, 3.8) is 0 Å². The molecule has 0 saturated carbocycles. The van der Waals surface area contributed by atoms with E-state index in [1.807, 2.05) is 13.0 Å². The van der Waals surface area contributed by atoms with E-state index in [2.05, 4.69) is 9.44 Å². The summed E-state index contributed by atoms with van der Waals surface area (Å²) in [6.07, 6.45) is 0. The van der Waals surface area contributed by atoms with Crippen molar-refractivity contribution in [1.82, 2.24) is 0 Å². The van der Waals surface area contributed by atoms with Gasteiger partial charge >= 0.3 is 0 Å². The number of anilines is 2. The smallest absolute Gasteiger partial charge is 0.271 e. The third kappa shape index (κ3) is 4.46. The third-order valence-corrected chi connectivity index (χ3v) is 7.94. The minimum absolute atomic E-state index is 0.00451. The van der Waals surface area contributed by atoms with Crippen LogP contribution in [-0.2, 0) is 20.0 Å². The Morgan fingerprint density at radius 1 is 0.893 bits per heavy atom. The van der Waals surface area contributed by atoms with Crippen LogP contribution < -0.4 is 14.2 Å². The molecule has 0 amide bonds. The van der Waals surface area contributed by atoms with Crippen LogP contribution in [-0.4, -0.2) is 23.9 Å². The van der Waals surface area contributed by atoms with Crippen molar-refractivity contribution in [2.75, 3.05) is 16.6 Å². The fraction of sp³-hybridized carbons (Fsp3) is 0.111. The zero-order valence-electron chi connectivity index (χ0n) is 15.0. The topological polar surface area (TPSA) is 102 Å². The Bertz CT molecular complexity index is 1170. The number of thiophene rings is 1. The number of aryl methyl sites for hydroxylation is 1. The molecule has 2 aromatic carbocycles. The van der Waals surface area contributed by atoms with Gasteiger partial charge in [0.05, 0.1) is 17.7 Å². The number of rotatable bonds is 7. The number of nitrogens with one attached hydrogen (secondary N) is 2. The van der Waals surface area contributed by atoms with Gasteiger partial charge in [-0.15, -0.1) is 11.3 Å². The SMILES string of the molecule is COc1ccc(C)cc1NS(=O)(=O)c1ccc(NS(=O)(=O)c2cccs2)cc1. The highest BCUT2D eigenvalue weighted by atomic mass is 32.2. The summed E-state index contributed by atoms with van der Waals surface area (Å²) < 4.78 is 60.1. The molecule has 3 rings (SSSR count). The molecule has 1 heterocycles. The Labute approximate surface area is 168 Å². The molecule has 7 nitrogen and oxygen atoms in total. The van der Waals surface area contributed by atoms with Crippen molar-refractivity contribution >= 4 is 42.8 Å². The summed E-state index contributed by atoms with van der Waals surface area (Å²) in [7, 11) is -6.11. The molecular weight excluding hydrogens is 420 g/mol. The van der Waals surface area contributed by atoms with Crippen molar-refractivity contribution in [3.05, 3.63) is 65.5 Å². The summed E-state index contributed by atoms with van der Waals surface area (Å²) in [5.41, 5.74) is 1.46. The van der Waals surface area contributed by atoms with Gasteiger partial charge in [0.2, 0.25) is 0 Å². The lowest BCUT2D eigenvalue weighted by molar-refractivity contribution is 0.417. The van der Waals surface area contributed by atoms with Crippen LogP contribution in [0.5, 0.6) is 5.75 Å². The van der Waals surface area contributed by atoms with Crippen LogP contribution in [0.15, 0.2) is 69.1 Å². The van der Waals surface area contributed by atoms with Gasteiger partial charge in [-0.1, -0.05) is 12.1 Å². The molecule has 3 aromatic rings. The monoisotopic (exact) mass is 438 g/mol. The second-order valence-corrected chi connectivity index (χ2v) is 10.4. The molecule has 0 bridgehead atoms. The minimum atomic E-state index is -3.87. The molecule has 0 radical (unpaired) electrons. The number of ether oxygens (including phenoxy) is 1. The van der Waals surface area contributed by atoms with Crippen LogP contribution in [0.25, 0.3) is 0 Å². The largest absolute Gasteiger partial charge is 0.495 e. The molecule has 1 aromatic heterocycles. The fourth-order valence-corrected chi connectivity index (χ4v) is 5.54. The van der Waals surface area contributed by atoms with Gasteiger partial charge in [0.1, 0.15) is 9.96 Å². The van der Waals surface area contributed by atoms with E-state index in [0.29, 0.717) is 11.4 Å². The van der Waals surface area contributed by atoms with Crippen molar-refractivity contribution in [2.24, 2.45) is 0 Å². The van der Waals surface area contributed by atoms with E-state index in [9.17, 15) is 16.8 Å². The lowest BCUT2D eigenvalue weighted by atomic mass is 10.2. The van der Waals surface area contributed by atoms with Crippen LogP contribution in [0.3, 0.4) is 0 Å². The normalized spacial score (nSPS) is 11.8. The average molecular weight is 439 g/mol. The minimum Gasteiger partial charge on any atom is -0.495 e. The van der Waals surface area contributed by atoms with Gasteiger partial charge in [0.25, 0.3) is 20.0 Å². The second kappa shape index (κ2) is 7.82. The van der Waals surface area contributed by atoms with Gasteiger partial charge in [-0.2, -0.15) is 0 Å². The first kappa shape index (κ1) is 20.2. The summed E-state index contributed by atoms with van der Waals surface area (Å²) in [4.78, 5) is -0.00451. The first-order chi connectivity index (χ1) is 13.2. The van der Waals surface area contributed by atoms with Gasteiger partial charge in [-0.25, -0.2) is 16.8 Å². The molecular formula is C18H18N2O5S3. The molecule has 0 aliphatic carbocycles. The third-order valence-electron chi connectivity index (χ3n) is 3.78. The Hall–Kier alpha value is -2.56. The maximum absolute atomic E-state index is 12.7. The molecule has 0 fully saturated rings. The fourth-order valence-electron chi connectivity index (χ4n) is 2.43. The maximum Gasteiger partial charge on any atom is 0.271 e. The van der Waals surface area contributed by atoms with Crippen molar-refractivity contribution in [1.29, 1.82) is 0 Å². The van der Waals surface area contributed by atoms with E-state index in [1.165, 1.54) is 37.4 Å². The predicted octanol–water partition coefficient (Wildman–Crippen LogP) is 3.67. The zero-order chi connectivity index (χ0) is 20.4. The molecule has 0 unspecified atom stereocenters. The van der Waals surface area contributed by atoms with Gasteiger partial charge in [-0.05, 0) is 60.3 Å².